The first-order valence-electron chi connectivity index (χ1n) is 6.56. The van der Waals surface area contributed by atoms with Gasteiger partial charge < -0.3 is 10.5 Å². The van der Waals surface area contributed by atoms with E-state index in [0.717, 1.165) is 6.42 Å². The highest BCUT2D eigenvalue weighted by molar-refractivity contribution is 6.72. The normalized spacial score (nSPS) is 16.7. The van der Waals surface area contributed by atoms with Crippen LogP contribution >= 0.6 is 0 Å². The molecule has 2 aliphatic heterocycles. The Bertz CT molecular complexity index is 731. The minimum atomic E-state index is -0.496. The molecule has 106 valence electrons. The van der Waals surface area contributed by atoms with Gasteiger partial charge in [-0.25, -0.2) is 9.98 Å². The van der Waals surface area contributed by atoms with Crippen LogP contribution in [0.25, 0.3) is 0 Å². The number of para-hydroxylation sites is 1. The Balaban J connectivity index is 2.00. The first kappa shape index (κ1) is 13.2. The molecule has 3 rings (SSSR count). The number of hydrogen-bond donors (Lipinski definition) is 1. The van der Waals surface area contributed by atoms with Crippen molar-refractivity contribution in [3.05, 3.63) is 29.8 Å². The molecule has 0 saturated heterocycles. The molecule has 2 N–H and O–H groups in total. The number of fused-ring (bicyclic) bond motifs is 1. The lowest BCUT2D eigenvalue weighted by Gasteiger charge is -2.12. The van der Waals surface area contributed by atoms with Gasteiger partial charge in [0.15, 0.2) is 17.4 Å². The van der Waals surface area contributed by atoms with Crippen LogP contribution in [0.1, 0.15) is 18.9 Å². The van der Waals surface area contributed by atoms with Crippen LogP contribution in [0.3, 0.4) is 0 Å². The van der Waals surface area contributed by atoms with Gasteiger partial charge >= 0.3 is 5.91 Å². The Morgan fingerprint density at radius 3 is 2.71 bits per heavy atom. The van der Waals surface area contributed by atoms with E-state index in [1.807, 2.05) is 25.1 Å². The second-order valence-corrected chi connectivity index (χ2v) is 4.45. The molecule has 0 aliphatic carbocycles. The van der Waals surface area contributed by atoms with Crippen molar-refractivity contribution < 1.29 is 9.53 Å². The molecule has 0 radical (unpaired) electrons. The number of aliphatic imine (C=N–C) groups is 4. The topological polar surface area (TPSA) is 102 Å². The number of carbonyl (C=O) groups is 1. The molecule has 0 aromatic heterocycles. The molecule has 1 amide bonds. The summed E-state index contributed by atoms with van der Waals surface area (Å²) in [5, 5.41) is 0. The molecule has 0 spiro atoms. The highest BCUT2D eigenvalue weighted by Gasteiger charge is 2.29. The first-order chi connectivity index (χ1) is 10.2. The van der Waals surface area contributed by atoms with E-state index in [0.29, 0.717) is 17.9 Å². The first-order valence-corrected chi connectivity index (χ1v) is 6.56. The molecule has 1 aromatic rings. The lowest BCUT2D eigenvalue weighted by Crippen LogP contribution is -2.26. The maximum absolute atomic E-state index is 12.0. The highest BCUT2D eigenvalue weighted by Crippen LogP contribution is 2.22. The van der Waals surface area contributed by atoms with Crippen molar-refractivity contribution >= 4 is 29.2 Å². The lowest BCUT2D eigenvalue weighted by atomic mass is 10.1. The third-order valence-corrected chi connectivity index (χ3v) is 2.87. The van der Waals surface area contributed by atoms with Crippen LogP contribution in [0, 0.1) is 0 Å². The molecular formula is C14H13N5O2. The third-order valence-electron chi connectivity index (χ3n) is 2.87. The van der Waals surface area contributed by atoms with E-state index in [4.69, 9.17) is 10.5 Å². The molecule has 2 aliphatic rings. The minimum absolute atomic E-state index is 0.0177. The molecule has 7 nitrogen and oxygen atoms in total. The van der Waals surface area contributed by atoms with Gasteiger partial charge in [0.25, 0.3) is 0 Å². The average Bonchev–Trinajstić information content (AvgIpc) is 2.86. The van der Waals surface area contributed by atoms with Gasteiger partial charge in [-0.15, -0.1) is 0 Å². The maximum Gasteiger partial charge on any atom is 0.301 e. The minimum Gasteiger partial charge on any atom is -0.493 e. The summed E-state index contributed by atoms with van der Waals surface area (Å²) in [5.41, 5.74) is 6.22. The van der Waals surface area contributed by atoms with Crippen molar-refractivity contribution in [1.82, 2.24) is 0 Å². The monoisotopic (exact) mass is 283 g/mol. The van der Waals surface area contributed by atoms with E-state index < -0.39 is 5.91 Å². The predicted molar refractivity (Wildman–Crippen MR) is 80.3 cm³/mol. The zero-order valence-corrected chi connectivity index (χ0v) is 11.4. The summed E-state index contributed by atoms with van der Waals surface area (Å²) in [4.78, 5) is 27.9. The maximum atomic E-state index is 12.0. The lowest BCUT2D eigenvalue weighted by molar-refractivity contribution is -0.111. The van der Waals surface area contributed by atoms with Crippen LogP contribution in [0.5, 0.6) is 5.75 Å². The van der Waals surface area contributed by atoms with E-state index in [1.165, 1.54) is 0 Å². The largest absolute Gasteiger partial charge is 0.493 e. The zero-order chi connectivity index (χ0) is 14.8. The van der Waals surface area contributed by atoms with Gasteiger partial charge in [-0.1, -0.05) is 19.1 Å². The number of carbonyl (C=O) groups excluding carboxylic acids is 1. The van der Waals surface area contributed by atoms with Gasteiger partial charge in [0.1, 0.15) is 5.75 Å². The second kappa shape index (κ2) is 5.28. The molecule has 0 atom stereocenters. The quantitative estimate of drug-likeness (QED) is 0.889. The highest BCUT2D eigenvalue weighted by atomic mass is 16.5. The Labute approximate surface area is 121 Å². The summed E-state index contributed by atoms with van der Waals surface area (Å²) in [6.07, 6.45) is 0.881. The Morgan fingerprint density at radius 2 is 1.90 bits per heavy atom. The SMILES string of the molecule is CCCOc1ccccc1C1=NC(=O)C2=NC(N)=NC2=N1. The standard InChI is InChI=1S/C14H13N5O2/c1-2-7-21-9-6-4-3-5-8(9)11-17-12-10(13(20)18-11)16-14(15)19-12/h3-6H,2,7H2,1H3,(H2,15,17,18,19,20). The fourth-order valence-corrected chi connectivity index (χ4v) is 1.96. The van der Waals surface area contributed by atoms with Crippen LogP contribution in [-0.4, -0.2) is 35.9 Å². The number of hydrogen-bond acceptors (Lipinski definition) is 6. The molecule has 0 bridgehead atoms. The van der Waals surface area contributed by atoms with Crippen LogP contribution < -0.4 is 10.5 Å². The number of nitrogens with zero attached hydrogens (tertiary/aromatic N) is 4. The fourth-order valence-electron chi connectivity index (χ4n) is 1.96. The van der Waals surface area contributed by atoms with E-state index in [2.05, 4.69) is 20.0 Å². The molecular weight excluding hydrogens is 270 g/mol. The molecule has 0 unspecified atom stereocenters. The van der Waals surface area contributed by atoms with Crippen LogP contribution in [0.4, 0.5) is 0 Å². The number of benzene rings is 1. The molecule has 2 heterocycles. The smallest absolute Gasteiger partial charge is 0.301 e. The van der Waals surface area contributed by atoms with Gasteiger partial charge in [-0.2, -0.15) is 9.98 Å². The fraction of sp³-hybridized carbons (Fsp3) is 0.214. The van der Waals surface area contributed by atoms with Crippen LogP contribution in [0.15, 0.2) is 44.2 Å². The summed E-state index contributed by atoms with van der Waals surface area (Å²) < 4.78 is 5.66. The predicted octanol–water partition coefficient (Wildman–Crippen LogP) is 0.930. The van der Waals surface area contributed by atoms with E-state index in [9.17, 15) is 4.79 Å². The molecule has 0 fully saturated rings. The van der Waals surface area contributed by atoms with Gasteiger partial charge in [0.2, 0.25) is 5.96 Å². The van der Waals surface area contributed by atoms with Crippen molar-refractivity contribution in [3.63, 3.8) is 0 Å². The van der Waals surface area contributed by atoms with Crippen molar-refractivity contribution in [1.29, 1.82) is 0 Å². The van der Waals surface area contributed by atoms with E-state index in [-0.39, 0.29) is 23.3 Å². The number of amidine groups is 2. The summed E-state index contributed by atoms with van der Waals surface area (Å²) >= 11 is 0. The van der Waals surface area contributed by atoms with Gasteiger partial charge in [-0.05, 0) is 18.6 Å². The zero-order valence-electron chi connectivity index (χ0n) is 11.4. The second-order valence-electron chi connectivity index (χ2n) is 4.45. The number of nitrogens with two attached hydrogens (primary N) is 1. The van der Waals surface area contributed by atoms with Crippen molar-refractivity contribution in [3.8, 4) is 5.75 Å². The number of rotatable bonds is 4. The number of ether oxygens (including phenoxy) is 1. The van der Waals surface area contributed by atoms with E-state index in [1.54, 1.807) is 6.07 Å². The van der Waals surface area contributed by atoms with E-state index >= 15 is 0 Å². The molecule has 1 aromatic carbocycles. The summed E-state index contributed by atoms with van der Waals surface area (Å²) in [7, 11) is 0. The Kier molecular flexibility index (Phi) is 3.31. The molecule has 0 saturated carbocycles. The van der Waals surface area contributed by atoms with Crippen molar-refractivity contribution in [2.75, 3.05) is 6.61 Å². The number of guanidine groups is 1. The van der Waals surface area contributed by atoms with Crippen molar-refractivity contribution in [2.24, 2.45) is 25.7 Å². The van der Waals surface area contributed by atoms with Gasteiger partial charge in [0.05, 0.1) is 12.2 Å². The molecule has 21 heavy (non-hydrogen) atoms. The van der Waals surface area contributed by atoms with Gasteiger partial charge in [0, 0.05) is 0 Å². The van der Waals surface area contributed by atoms with Gasteiger partial charge in [-0.3, -0.25) is 4.79 Å². The molecule has 7 heteroatoms. The Hall–Kier alpha value is -2.83. The summed E-state index contributed by atoms with van der Waals surface area (Å²) in [5.74, 6) is 0.617. The number of amides is 1. The Morgan fingerprint density at radius 1 is 1.10 bits per heavy atom. The van der Waals surface area contributed by atoms with Crippen LogP contribution in [-0.2, 0) is 4.79 Å². The summed E-state index contributed by atoms with van der Waals surface area (Å²) in [6, 6.07) is 7.29. The third kappa shape index (κ3) is 2.45. The average molecular weight is 283 g/mol. The van der Waals surface area contributed by atoms with Crippen LogP contribution in [0.2, 0.25) is 0 Å². The summed E-state index contributed by atoms with van der Waals surface area (Å²) in [6.45, 7) is 2.59. The van der Waals surface area contributed by atoms with Crippen molar-refractivity contribution in [2.45, 2.75) is 13.3 Å².